The van der Waals surface area contributed by atoms with Crippen LogP contribution in [0.3, 0.4) is 0 Å². The maximum atomic E-state index is 5.74. The molecule has 1 heteroatoms. The molecule has 0 radical (unpaired) electrons. The van der Waals surface area contributed by atoms with Gasteiger partial charge in [0.2, 0.25) is 0 Å². The Morgan fingerprint density at radius 1 is 0.700 bits per heavy atom. The number of rotatable bonds is 14. The largest absolute Gasteiger partial charge is 0.369 e. The molecule has 0 spiro atoms. The Labute approximate surface area is 127 Å². The van der Waals surface area contributed by atoms with E-state index in [-0.39, 0.29) is 0 Å². The maximum Gasteiger partial charge on any atom is 0.0876 e. The van der Waals surface area contributed by atoms with Crippen molar-refractivity contribution in [1.82, 2.24) is 0 Å². The van der Waals surface area contributed by atoms with Crippen LogP contribution in [-0.4, -0.2) is 12.2 Å². The molecule has 1 fully saturated rings. The van der Waals surface area contributed by atoms with Crippen molar-refractivity contribution in [3.8, 4) is 0 Å². The van der Waals surface area contributed by atoms with Crippen molar-refractivity contribution in [2.45, 2.75) is 110 Å². The molecule has 1 rings (SSSR count). The minimum atomic E-state index is 0.553. The fourth-order valence-electron chi connectivity index (χ4n) is 2.80. The molecule has 1 heterocycles. The van der Waals surface area contributed by atoms with E-state index in [2.05, 4.69) is 26.0 Å². The first-order valence-corrected chi connectivity index (χ1v) is 9.19. The number of ether oxygens (including phenoxy) is 1. The molecule has 0 bridgehead atoms. The van der Waals surface area contributed by atoms with Crippen LogP contribution in [0, 0.1) is 0 Å². The predicted octanol–water partition coefficient (Wildman–Crippen LogP) is 6.42. The summed E-state index contributed by atoms with van der Waals surface area (Å²) in [7, 11) is 0. The van der Waals surface area contributed by atoms with E-state index in [1.807, 2.05) is 0 Å². The SMILES string of the molecule is CCCCCC=CCC1OC1CCCCCCCCC. The van der Waals surface area contributed by atoms with Gasteiger partial charge in [0.25, 0.3) is 0 Å². The van der Waals surface area contributed by atoms with Crippen molar-refractivity contribution in [2.75, 3.05) is 0 Å². The van der Waals surface area contributed by atoms with Crippen molar-refractivity contribution in [1.29, 1.82) is 0 Å². The Morgan fingerprint density at radius 2 is 1.35 bits per heavy atom. The van der Waals surface area contributed by atoms with Gasteiger partial charge in [0.05, 0.1) is 12.2 Å². The molecule has 0 aliphatic carbocycles. The van der Waals surface area contributed by atoms with Crippen molar-refractivity contribution in [3.63, 3.8) is 0 Å². The molecule has 0 saturated carbocycles. The average Bonchev–Trinajstić information content (AvgIpc) is 3.20. The van der Waals surface area contributed by atoms with Gasteiger partial charge in [-0.05, 0) is 25.7 Å². The second kappa shape index (κ2) is 12.4. The van der Waals surface area contributed by atoms with Gasteiger partial charge in [-0.15, -0.1) is 0 Å². The van der Waals surface area contributed by atoms with E-state index in [0.29, 0.717) is 12.2 Å². The van der Waals surface area contributed by atoms with Crippen molar-refractivity contribution >= 4 is 0 Å². The van der Waals surface area contributed by atoms with Gasteiger partial charge in [-0.3, -0.25) is 0 Å². The van der Waals surface area contributed by atoms with Crippen LogP contribution in [0.5, 0.6) is 0 Å². The van der Waals surface area contributed by atoms with E-state index in [9.17, 15) is 0 Å². The lowest BCUT2D eigenvalue weighted by Crippen LogP contribution is -1.93. The molecule has 0 aromatic carbocycles. The summed E-state index contributed by atoms with van der Waals surface area (Å²) in [5.41, 5.74) is 0. The zero-order valence-corrected chi connectivity index (χ0v) is 13.9. The van der Waals surface area contributed by atoms with Crippen LogP contribution < -0.4 is 0 Å². The van der Waals surface area contributed by atoms with E-state index in [1.165, 1.54) is 77.0 Å². The second-order valence-electron chi connectivity index (χ2n) is 6.33. The Balaban J connectivity index is 1.81. The lowest BCUT2D eigenvalue weighted by atomic mass is 10.1. The Hall–Kier alpha value is -0.300. The molecule has 1 saturated heterocycles. The summed E-state index contributed by atoms with van der Waals surface area (Å²) >= 11 is 0. The van der Waals surface area contributed by atoms with E-state index in [1.54, 1.807) is 0 Å². The van der Waals surface area contributed by atoms with Gasteiger partial charge in [0.15, 0.2) is 0 Å². The topological polar surface area (TPSA) is 12.5 Å². The highest BCUT2D eigenvalue weighted by Crippen LogP contribution is 2.30. The van der Waals surface area contributed by atoms with Gasteiger partial charge >= 0.3 is 0 Å². The summed E-state index contributed by atoms with van der Waals surface area (Å²) in [5, 5.41) is 0. The molecular formula is C19H36O. The van der Waals surface area contributed by atoms with Gasteiger partial charge in [0.1, 0.15) is 0 Å². The van der Waals surface area contributed by atoms with Crippen LogP contribution in [0.25, 0.3) is 0 Å². The number of allylic oxidation sites excluding steroid dienone is 1. The molecule has 0 aromatic rings. The lowest BCUT2D eigenvalue weighted by Gasteiger charge is -1.99. The summed E-state index contributed by atoms with van der Waals surface area (Å²) in [4.78, 5) is 0. The number of unbranched alkanes of at least 4 members (excludes halogenated alkanes) is 9. The van der Waals surface area contributed by atoms with Crippen LogP contribution in [-0.2, 0) is 4.74 Å². The fraction of sp³-hybridized carbons (Fsp3) is 0.895. The van der Waals surface area contributed by atoms with Gasteiger partial charge in [-0.25, -0.2) is 0 Å². The standard InChI is InChI=1S/C19H36O/c1-3-5-7-9-11-13-15-17-19-18(20-19)16-14-12-10-8-6-4-2/h12,14,18-19H,3-11,13,15-17H2,1-2H3. The molecule has 1 nitrogen and oxygen atoms in total. The Bertz CT molecular complexity index is 234. The van der Waals surface area contributed by atoms with Crippen molar-refractivity contribution in [3.05, 3.63) is 12.2 Å². The predicted molar refractivity (Wildman–Crippen MR) is 89.2 cm³/mol. The smallest absolute Gasteiger partial charge is 0.0876 e. The van der Waals surface area contributed by atoms with Crippen LogP contribution in [0.2, 0.25) is 0 Å². The first kappa shape index (κ1) is 17.8. The third kappa shape index (κ3) is 9.58. The first-order chi connectivity index (χ1) is 9.88. The van der Waals surface area contributed by atoms with Crippen molar-refractivity contribution < 1.29 is 4.74 Å². The van der Waals surface area contributed by atoms with E-state index in [4.69, 9.17) is 4.74 Å². The molecule has 1 aliphatic heterocycles. The monoisotopic (exact) mass is 280 g/mol. The average molecular weight is 280 g/mol. The second-order valence-corrected chi connectivity index (χ2v) is 6.33. The molecule has 0 amide bonds. The van der Waals surface area contributed by atoms with E-state index >= 15 is 0 Å². The molecule has 2 unspecified atom stereocenters. The Kier molecular flexibility index (Phi) is 11.0. The van der Waals surface area contributed by atoms with Gasteiger partial charge in [-0.1, -0.05) is 83.8 Å². The number of epoxide rings is 1. The van der Waals surface area contributed by atoms with E-state index < -0.39 is 0 Å². The fourth-order valence-corrected chi connectivity index (χ4v) is 2.80. The molecule has 2 atom stereocenters. The van der Waals surface area contributed by atoms with Crippen LogP contribution >= 0.6 is 0 Å². The number of hydrogen-bond acceptors (Lipinski definition) is 1. The third-order valence-corrected chi connectivity index (χ3v) is 4.29. The summed E-state index contributed by atoms with van der Waals surface area (Å²) in [6, 6.07) is 0. The minimum absolute atomic E-state index is 0.553. The zero-order chi connectivity index (χ0) is 14.5. The highest BCUT2D eigenvalue weighted by molar-refractivity contribution is 4.93. The van der Waals surface area contributed by atoms with Gasteiger partial charge < -0.3 is 4.74 Å². The van der Waals surface area contributed by atoms with Crippen LogP contribution in [0.1, 0.15) is 97.3 Å². The Morgan fingerprint density at radius 3 is 2.10 bits per heavy atom. The van der Waals surface area contributed by atoms with Crippen LogP contribution in [0.15, 0.2) is 12.2 Å². The normalized spacial score (nSPS) is 21.7. The third-order valence-electron chi connectivity index (χ3n) is 4.29. The summed E-state index contributed by atoms with van der Waals surface area (Å²) in [5.74, 6) is 0. The molecular weight excluding hydrogens is 244 g/mol. The quantitative estimate of drug-likeness (QED) is 0.203. The number of hydrogen-bond donors (Lipinski definition) is 0. The minimum Gasteiger partial charge on any atom is -0.369 e. The lowest BCUT2D eigenvalue weighted by molar-refractivity contribution is 0.358. The molecule has 118 valence electrons. The molecule has 0 N–H and O–H groups in total. The summed E-state index contributed by atoms with van der Waals surface area (Å²) in [6.07, 6.45) is 23.4. The summed E-state index contributed by atoms with van der Waals surface area (Å²) in [6.45, 7) is 4.54. The van der Waals surface area contributed by atoms with Crippen molar-refractivity contribution in [2.24, 2.45) is 0 Å². The van der Waals surface area contributed by atoms with Crippen LogP contribution in [0.4, 0.5) is 0 Å². The highest BCUT2D eigenvalue weighted by Gasteiger charge is 2.36. The molecule has 0 aromatic heterocycles. The molecule has 20 heavy (non-hydrogen) atoms. The highest BCUT2D eigenvalue weighted by atomic mass is 16.6. The maximum absolute atomic E-state index is 5.74. The zero-order valence-electron chi connectivity index (χ0n) is 13.9. The summed E-state index contributed by atoms with van der Waals surface area (Å²) < 4.78 is 5.74. The van der Waals surface area contributed by atoms with Gasteiger partial charge in [0, 0.05) is 0 Å². The first-order valence-electron chi connectivity index (χ1n) is 9.19. The molecule has 1 aliphatic rings. The van der Waals surface area contributed by atoms with Gasteiger partial charge in [-0.2, -0.15) is 0 Å². The van der Waals surface area contributed by atoms with E-state index in [0.717, 1.165) is 6.42 Å².